The van der Waals surface area contributed by atoms with E-state index in [9.17, 15) is 4.79 Å². The average molecular weight is 269 g/mol. The molecule has 110 valence electrons. The van der Waals surface area contributed by atoms with Gasteiger partial charge in [-0.1, -0.05) is 12.1 Å². The molecule has 0 spiro atoms. The van der Waals surface area contributed by atoms with E-state index in [2.05, 4.69) is 22.3 Å². The number of likely N-dealkylation sites (tertiary alicyclic amines) is 1. The predicted molar refractivity (Wildman–Crippen MR) is 76.6 cm³/mol. The minimum Gasteiger partial charge on any atom is -0.411 e. The van der Waals surface area contributed by atoms with Crippen molar-refractivity contribution in [2.75, 3.05) is 13.1 Å². The minimum atomic E-state index is -0.205. The van der Waals surface area contributed by atoms with E-state index in [1.165, 1.54) is 0 Å². The van der Waals surface area contributed by atoms with Gasteiger partial charge in [0.2, 0.25) is 5.91 Å². The molecule has 2 N–H and O–H groups in total. The number of nitrogens with one attached hydrogen (secondary N) is 1. The Balaban J connectivity index is 2.64. The fourth-order valence-electron chi connectivity index (χ4n) is 2.43. The van der Waals surface area contributed by atoms with Crippen LogP contribution in [0.25, 0.3) is 0 Å². The highest BCUT2D eigenvalue weighted by Gasteiger charge is 2.31. The van der Waals surface area contributed by atoms with Gasteiger partial charge in [0.25, 0.3) is 0 Å². The zero-order chi connectivity index (χ0) is 14.6. The minimum absolute atomic E-state index is 0.0618. The molecule has 2 atom stereocenters. The summed E-state index contributed by atoms with van der Waals surface area (Å²) in [6.45, 7) is 11.5. The van der Waals surface area contributed by atoms with Crippen LogP contribution in [-0.2, 0) is 4.79 Å². The highest BCUT2D eigenvalue weighted by molar-refractivity contribution is 5.88. The fourth-order valence-corrected chi connectivity index (χ4v) is 2.43. The monoisotopic (exact) mass is 269 g/mol. The molecule has 1 fully saturated rings. The number of amides is 1. The SMILES string of the molecule is CCC1CN(C(C)C(=O)NC(C)(C)C)CCC1=NO. The van der Waals surface area contributed by atoms with Crippen LogP contribution >= 0.6 is 0 Å². The van der Waals surface area contributed by atoms with Crippen LogP contribution in [0.4, 0.5) is 0 Å². The van der Waals surface area contributed by atoms with Crippen LogP contribution < -0.4 is 5.32 Å². The van der Waals surface area contributed by atoms with Gasteiger partial charge in [-0.15, -0.1) is 0 Å². The lowest BCUT2D eigenvalue weighted by atomic mass is 9.92. The standard InChI is InChI=1S/C14H27N3O2/c1-6-11-9-17(8-7-12(11)16-19)10(2)13(18)15-14(3,4)5/h10-11,19H,6-9H2,1-5H3,(H,15,18). The summed E-state index contributed by atoms with van der Waals surface area (Å²) in [6, 6.07) is -0.145. The maximum Gasteiger partial charge on any atom is 0.237 e. The van der Waals surface area contributed by atoms with Crippen molar-refractivity contribution in [2.24, 2.45) is 11.1 Å². The molecule has 0 bridgehead atoms. The molecule has 1 aliphatic heterocycles. The first-order chi connectivity index (χ1) is 8.78. The van der Waals surface area contributed by atoms with Crippen LogP contribution in [0.3, 0.4) is 0 Å². The molecule has 0 radical (unpaired) electrons. The van der Waals surface area contributed by atoms with E-state index in [4.69, 9.17) is 5.21 Å². The summed E-state index contributed by atoms with van der Waals surface area (Å²) >= 11 is 0. The van der Waals surface area contributed by atoms with E-state index in [1.54, 1.807) is 0 Å². The molecule has 5 heteroatoms. The Morgan fingerprint density at radius 2 is 2.21 bits per heavy atom. The summed E-state index contributed by atoms with van der Waals surface area (Å²) in [5, 5.41) is 15.4. The number of carbonyl (C=O) groups is 1. The molecule has 1 amide bonds. The molecular formula is C14H27N3O2. The van der Waals surface area contributed by atoms with Gasteiger partial charge in [0.05, 0.1) is 11.8 Å². The normalized spacial score (nSPS) is 25.3. The van der Waals surface area contributed by atoms with Gasteiger partial charge in [0.1, 0.15) is 0 Å². The van der Waals surface area contributed by atoms with Gasteiger partial charge in [-0.05, 0) is 34.1 Å². The molecule has 1 heterocycles. The molecule has 0 saturated carbocycles. The Bertz CT molecular complexity index is 347. The Morgan fingerprint density at radius 1 is 1.58 bits per heavy atom. The van der Waals surface area contributed by atoms with Crippen molar-refractivity contribution in [1.82, 2.24) is 10.2 Å². The molecule has 19 heavy (non-hydrogen) atoms. The number of oxime groups is 1. The van der Waals surface area contributed by atoms with E-state index < -0.39 is 0 Å². The number of piperidine rings is 1. The zero-order valence-corrected chi connectivity index (χ0v) is 12.7. The van der Waals surface area contributed by atoms with E-state index >= 15 is 0 Å². The Hall–Kier alpha value is -1.10. The second-order valence-corrected chi connectivity index (χ2v) is 6.36. The summed E-state index contributed by atoms with van der Waals surface area (Å²) in [5.41, 5.74) is 0.658. The lowest BCUT2D eigenvalue weighted by Crippen LogP contribution is -2.54. The summed E-state index contributed by atoms with van der Waals surface area (Å²) in [6.07, 6.45) is 1.67. The molecule has 0 aromatic heterocycles. The molecule has 1 aliphatic rings. The Labute approximate surface area is 116 Å². The van der Waals surface area contributed by atoms with Crippen LogP contribution in [0.5, 0.6) is 0 Å². The van der Waals surface area contributed by atoms with E-state index in [-0.39, 0.29) is 23.4 Å². The van der Waals surface area contributed by atoms with Gasteiger partial charge in [-0.25, -0.2) is 0 Å². The maximum absolute atomic E-state index is 12.2. The highest BCUT2D eigenvalue weighted by atomic mass is 16.4. The lowest BCUT2D eigenvalue weighted by Gasteiger charge is -2.37. The first-order valence-electron chi connectivity index (χ1n) is 7.05. The number of carbonyl (C=O) groups excluding carboxylic acids is 1. The third-order valence-corrected chi connectivity index (χ3v) is 3.63. The van der Waals surface area contributed by atoms with Gasteiger partial charge in [-0.3, -0.25) is 9.69 Å². The van der Waals surface area contributed by atoms with Crippen molar-refractivity contribution in [3.63, 3.8) is 0 Å². The molecule has 1 rings (SSSR count). The Kier molecular flexibility index (Phi) is 5.35. The van der Waals surface area contributed by atoms with Gasteiger partial charge < -0.3 is 10.5 Å². The lowest BCUT2D eigenvalue weighted by molar-refractivity contribution is -0.127. The van der Waals surface area contributed by atoms with Crippen molar-refractivity contribution < 1.29 is 10.0 Å². The van der Waals surface area contributed by atoms with Crippen molar-refractivity contribution in [2.45, 2.75) is 59.0 Å². The molecule has 5 nitrogen and oxygen atoms in total. The van der Waals surface area contributed by atoms with Crippen LogP contribution in [0.15, 0.2) is 5.16 Å². The zero-order valence-electron chi connectivity index (χ0n) is 12.7. The summed E-state index contributed by atoms with van der Waals surface area (Å²) in [4.78, 5) is 14.3. The largest absolute Gasteiger partial charge is 0.411 e. The van der Waals surface area contributed by atoms with E-state index in [1.807, 2.05) is 27.7 Å². The van der Waals surface area contributed by atoms with Gasteiger partial charge in [-0.2, -0.15) is 0 Å². The van der Waals surface area contributed by atoms with Crippen LogP contribution in [0.2, 0.25) is 0 Å². The van der Waals surface area contributed by atoms with Gasteiger partial charge in [0.15, 0.2) is 0 Å². The van der Waals surface area contributed by atoms with E-state index in [0.717, 1.165) is 31.6 Å². The average Bonchev–Trinajstić information content (AvgIpc) is 2.34. The topological polar surface area (TPSA) is 64.9 Å². The second kappa shape index (κ2) is 6.37. The van der Waals surface area contributed by atoms with Crippen molar-refractivity contribution in [3.8, 4) is 0 Å². The first kappa shape index (κ1) is 16.0. The summed E-state index contributed by atoms with van der Waals surface area (Å²) in [5.74, 6) is 0.315. The Morgan fingerprint density at radius 3 is 2.68 bits per heavy atom. The highest BCUT2D eigenvalue weighted by Crippen LogP contribution is 2.19. The van der Waals surface area contributed by atoms with Gasteiger partial charge in [0, 0.05) is 31.0 Å². The van der Waals surface area contributed by atoms with Crippen LogP contribution in [0.1, 0.15) is 47.5 Å². The number of hydrogen-bond acceptors (Lipinski definition) is 4. The van der Waals surface area contributed by atoms with Crippen molar-refractivity contribution in [3.05, 3.63) is 0 Å². The van der Waals surface area contributed by atoms with Crippen LogP contribution in [-0.4, -0.2) is 46.4 Å². The molecule has 0 aromatic carbocycles. The summed E-state index contributed by atoms with van der Waals surface area (Å²) in [7, 11) is 0. The molecular weight excluding hydrogens is 242 g/mol. The fraction of sp³-hybridized carbons (Fsp3) is 0.857. The smallest absolute Gasteiger partial charge is 0.237 e. The number of nitrogens with zero attached hydrogens (tertiary/aromatic N) is 2. The quantitative estimate of drug-likeness (QED) is 0.607. The molecule has 2 unspecified atom stereocenters. The van der Waals surface area contributed by atoms with Crippen molar-refractivity contribution >= 4 is 11.6 Å². The maximum atomic E-state index is 12.2. The number of rotatable bonds is 3. The number of hydrogen-bond donors (Lipinski definition) is 2. The molecule has 1 saturated heterocycles. The van der Waals surface area contributed by atoms with Gasteiger partial charge >= 0.3 is 0 Å². The summed E-state index contributed by atoms with van der Waals surface area (Å²) < 4.78 is 0. The van der Waals surface area contributed by atoms with E-state index in [0.29, 0.717) is 0 Å². The first-order valence-corrected chi connectivity index (χ1v) is 7.05. The third-order valence-electron chi connectivity index (χ3n) is 3.63. The van der Waals surface area contributed by atoms with Crippen molar-refractivity contribution in [1.29, 1.82) is 0 Å². The molecule has 0 aliphatic carbocycles. The van der Waals surface area contributed by atoms with Crippen LogP contribution in [0, 0.1) is 5.92 Å². The molecule has 0 aromatic rings. The predicted octanol–water partition coefficient (Wildman–Crippen LogP) is 1.85. The third kappa shape index (κ3) is 4.49. The second-order valence-electron chi connectivity index (χ2n) is 6.36.